The zero-order chi connectivity index (χ0) is 20.9. The molecule has 1 aliphatic heterocycles. The van der Waals surface area contributed by atoms with Crippen molar-refractivity contribution in [2.45, 2.75) is 39.9 Å². The number of nitrogens with zero attached hydrogens (tertiary/aromatic N) is 4. The van der Waals surface area contributed by atoms with Gasteiger partial charge >= 0.3 is 0 Å². The monoisotopic (exact) mass is 414 g/mol. The summed E-state index contributed by atoms with van der Waals surface area (Å²) < 4.78 is 29.8. The number of rotatable bonds is 3. The van der Waals surface area contributed by atoms with Gasteiger partial charge in [0, 0.05) is 29.4 Å². The summed E-state index contributed by atoms with van der Waals surface area (Å²) in [6.07, 6.45) is 0. The zero-order valence-electron chi connectivity index (χ0n) is 16.5. The Balaban J connectivity index is 1.66. The van der Waals surface area contributed by atoms with E-state index in [2.05, 4.69) is 28.6 Å². The van der Waals surface area contributed by atoms with Gasteiger partial charge in [-0.25, -0.2) is 8.78 Å². The van der Waals surface area contributed by atoms with E-state index >= 15 is 0 Å². The molecule has 0 aliphatic carbocycles. The molecular weight excluding hydrogens is 394 g/mol. The predicted molar refractivity (Wildman–Crippen MR) is 110 cm³/mol. The molecule has 4 rings (SSSR count). The molecule has 1 aliphatic rings. The van der Waals surface area contributed by atoms with Crippen LogP contribution in [0.4, 0.5) is 8.78 Å². The van der Waals surface area contributed by atoms with Crippen molar-refractivity contribution in [3.63, 3.8) is 0 Å². The van der Waals surface area contributed by atoms with Crippen LogP contribution >= 0.6 is 11.6 Å². The number of fused-ring (bicyclic) bond motifs is 1. The van der Waals surface area contributed by atoms with Crippen molar-refractivity contribution in [2.75, 3.05) is 0 Å². The summed E-state index contributed by atoms with van der Waals surface area (Å²) in [4.78, 5) is 2.11. The average Bonchev–Trinajstić information content (AvgIpc) is 3.10. The lowest BCUT2D eigenvalue weighted by Crippen LogP contribution is -2.40. The standard InChI is InChI=1S/C22H21ClF2N4/c1-12-5-6-16(9-19(12)25)22-27-26-20-11-28(13(2)10-29(20)22)15(4)17-7-8-18(24)21(23)14(17)3/h5-9,13H,4,10-11H2,1-3H3/t13-/m0/s1. The molecule has 0 bridgehead atoms. The zero-order valence-corrected chi connectivity index (χ0v) is 17.3. The van der Waals surface area contributed by atoms with E-state index in [9.17, 15) is 8.78 Å². The summed E-state index contributed by atoms with van der Waals surface area (Å²) in [6.45, 7) is 10.9. The Bertz CT molecular complexity index is 1120. The van der Waals surface area contributed by atoms with Gasteiger partial charge in [-0.2, -0.15) is 0 Å². The van der Waals surface area contributed by atoms with Gasteiger partial charge in [-0.1, -0.05) is 30.3 Å². The summed E-state index contributed by atoms with van der Waals surface area (Å²) >= 11 is 6.09. The molecule has 0 saturated heterocycles. The van der Waals surface area contributed by atoms with Crippen molar-refractivity contribution >= 4 is 17.3 Å². The molecule has 0 fully saturated rings. The first-order chi connectivity index (χ1) is 13.8. The molecule has 2 aromatic carbocycles. The molecule has 0 N–H and O–H groups in total. The molecule has 0 spiro atoms. The minimum absolute atomic E-state index is 0.0864. The molecule has 1 atom stereocenters. The molecule has 1 aromatic heterocycles. The van der Waals surface area contributed by atoms with Gasteiger partial charge in [0.1, 0.15) is 11.6 Å². The Hall–Kier alpha value is -2.73. The number of halogens is 3. The van der Waals surface area contributed by atoms with Crippen LogP contribution in [-0.2, 0) is 13.1 Å². The summed E-state index contributed by atoms with van der Waals surface area (Å²) in [5.74, 6) is 0.715. The lowest BCUT2D eigenvalue weighted by molar-refractivity contribution is 0.232. The Morgan fingerprint density at radius 3 is 2.62 bits per heavy atom. The van der Waals surface area contributed by atoms with Gasteiger partial charge in [0.25, 0.3) is 0 Å². The Labute approximate surface area is 173 Å². The van der Waals surface area contributed by atoms with Gasteiger partial charge < -0.3 is 9.47 Å². The third-order valence-corrected chi connectivity index (χ3v) is 6.01. The second-order valence-electron chi connectivity index (χ2n) is 7.47. The average molecular weight is 415 g/mol. The molecule has 0 saturated carbocycles. The van der Waals surface area contributed by atoms with Crippen molar-refractivity contribution < 1.29 is 8.78 Å². The summed E-state index contributed by atoms with van der Waals surface area (Å²) in [6, 6.07) is 8.24. The molecule has 7 heteroatoms. The van der Waals surface area contributed by atoms with Crippen LogP contribution in [0.1, 0.15) is 29.4 Å². The van der Waals surface area contributed by atoms with Crippen LogP contribution in [-0.4, -0.2) is 25.7 Å². The molecule has 29 heavy (non-hydrogen) atoms. The SMILES string of the molecule is C=C(c1ccc(F)c(Cl)c1C)N1Cc2nnc(-c3ccc(C)c(F)c3)n2C[C@@H]1C. The van der Waals surface area contributed by atoms with Gasteiger partial charge in [-0.05, 0) is 50.1 Å². The van der Waals surface area contributed by atoms with Crippen LogP contribution in [0.5, 0.6) is 0 Å². The minimum atomic E-state index is -0.442. The van der Waals surface area contributed by atoms with Crippen molar-refractivity contribution in [1.29, 1.82) is 0 Å². The first-order valence-electron chi connectivity index (χ1n) is 9.37. The van der Waals surface area contributed by atoms with Crippen molar-refractivity contribution in [1.82, 2.24) is 19.7 Å². The molecule has 0 radical (unpaired) electrons. The molecule has 150 valence electrons. The van der Waals surface area contributed by atoms with E-state index < -0.39 is 5.82 Å². The highest BCUT2D eigenvalue weighted by molar-refractivity contribution is 6.31. The Morgan fingerprint density at radius 1 is 1.14 bits per heavy atom. The molecule has 0 amide bonds. The van der Waals surface area contributed by atoms with E-state index in [0.29, 0.717) is 35.6 Å². The quantitative estimate of drug-likeness (QED) is 0.578. The van der Waals surface area contributed by atoms with Crippen molar-refractivity contribution in [3.8, 4) is 11.4 Å². The van der Waals surface area contributed by atoms with Crippen LogP contribution in [0.15, 0.2) is 36.9 Å². The van der Waals surface area contributed by atoms with Gasteiger partial charge in [-0.3, -0.25) is 0 Å². The van der Waals surface area contributed by atoms with Crippen LogP contribution in [0.25, 0.3) is 17.1 Å². The third-order valence-electron chi connectivity index (χ3n) is 5.54. The highest BCUT2D eigenvalue weighted by Gasteiger charge is 2.29. The fourth-order valence-electron chi connectivity index (χ4n) is 3.74. The highest BCUT2D eigenvalue weighted by atomic mass is 35.5. The number of aromatic nitrogens is 3. The molecule has 2 heterocycles. The largest absolute Gasteiger partial charge is 0.359 e. The number of benzene rings is 2. The minimum Gasteiger partial charge on any atom is -0.359 e. The second-order valence-corrected chi connectivity index (χ2v) is 7.85. The smallest absolute Gasteiger partial charge is 0.164 e. The fourth-order valence-corrected chi connectivity index (χ4v) is 3.91. The van der Waals surface area contributed by atoms with Crippen molar-refractivity contribution in [3.05, 3.63) is 76.1 Å². The molecule has 3 aromatic rings. The lowest BCUT2D eigenvalue weighted by Gasteiger charge is -2.37. The summed E-state index contributed by atoms with van der Waals surface area (Å²) in [5, 5.41) is 8.74. The third kappa shape index (κ3) is 3.31. The van der Waals surface area contributed by atoms with Crippen LogP contribution in [0, 0.1) is 25.5 Å². The topological polar surface area (TPSA) is 34.0 Å². The molecular formula is C22H21ClF2N4. The van der Waals surface area contributed by atoms with E-state index in [0.717, 1.165) is 17.1 Å². The van der Waals surface area contributed by atoms with Crippen LogP contribution in [0.2, 0.25) is 5.02 Å². The van der Waals surface area contributed by atoms with E-state index in [1.54, 1.807) is 26.0 Å². The summed E-state index contributed by atoms with van der Waals surface area (Å²) in [7, 11) is 0. The lowest BCUT2D eigenvalue weighted by atomic mass is 10.0. The van der Waals surface area contributed by atoms with E-state index in [-0.39, 0.29) is 16.9 Å². The van der Waals surface area contributed by atoms with Crippen molar-refractivity contribution in [2.24, 2.45) is 0 Å². The number of hydrogen-bond donors (Lipinski definition) is 0. The van der Waals surface area contributed by atoms with Crippen LogP contribution < -0.4 is 0 Å². The normalized spacial score (nSPS) is 16.1. The van der Waals surface area contributed by atoms with E-state index in [1.807, 2.05) is 10.6 Å². The predicted octanol–water partition coefficient (Wildman–Crippen LogP) is 5.37. The van der Waals surface area contributed by atoms with Gasteiger partial charge in [-0.15, -0.1) is 10.2 Å². The number of aryl methyl sites for hydroxylation is 1. The van der Waals surface area contributed by atoms with Gasteiger partial charge in [0.15, 0.2) is 11.6 Å². The maximum Gasteiger partial charge on any atom is 0.164 e. The number of hydrogen-bond acceptors (Lipinski definition) is 3. The second kappa shape index (κ2) is 7.26. The molecule has 4 nitrogen and oxygen atoms in total. The van der Waals surface area contributed by atoms with E-state index in [1.165, 1.54) is 12.1 Å². The first-order valence-corrected chi connectivity index (χ1v) is 9.75. The maximum absolute atomic E-state index is 14.0. The highest BCUT2D eigenvalue weighted by Crippen LogP contribution is 2.33. The maximum atomic E-state index is 14.0. The van der Waals surface area contributed by atoms with Gasteiger partial charge in [0.05, 0.1) is 11.6 Å². The van der Waals surface area contributed by atoms with E-state index in [4.69, 9.17) is 11.6 Å². The van der Waals surface area contributed by atoms with Gasteiger partial charge in [0.2, 0.25) is 0 Å². The Morgan fingerprint density at radius 2 is 1.90 bits per heavy atom. The molecule has 0 unspecified atom stereocenters. The van der Waals surface area contributed by atoms with Crippen LogP contribution in [0.3, 0.4) is 0 Å². The fraction of sp³-hybridized carbons (Fsp3) is 0.273. The Kier molecular flexibility index (Phi) is 4.90. The summed E-state index contributed by atoms with van der Waals surface area (Å²) in [5.41, 5.74) is 3.52. The first kappa shape index (κ1) is 19.6.